The first kappa shape index (κ1) is 70.5. The van der Waals surface area contributed by atoms with Gasteiger partial charge in [0.1, 0.15) is 0 Å². The van der Waals surface area contributed by atoms with Gasteiger partial charge in [0.25, 0.3) is 40.1 Å². The molecule has 2 aromatic rings. The molecule has 18 nitrogen and oxygen atoms in total. The fraction of sp³-hybridized carbons (Fsp3) is 0.600. The van der Waals surface area contributed by atoms with E-state index in [9.17, 15) is 151 Å². The van der Waals surface area contributed by atoms with E-state index in [1.54, 1.807) is 0 Å². The predicted octanol–water partition coefficient (Wildman–Crippen LogP) is 6.34. The Balaban J connectivity index is 0.000000578. The van der Waals surface area contributed by atoms with E-state index in [1.165, 1.54) is 0 Å². The lowest BCUT2D eigenvalue weighted by molar-refractivity contribution is -0.245. The average Bonchev–Trinajstić information content (AvgIpc) is 3.23. The van der Waals surface area contributed by atoms with Crippen LogP contribution in [0.3, 0.4) is 0 Å². The molecule has 0 spiro atoms. The molecule has 1 aliphatic rings. The standard InChI is InChI=1S/C10H13F9N2O6S3.2C10H9F6NO4S2/c1-20(30(26,27)10(17,18)19)28(22,23)8(13,14)7(11,12)9(15,16)29(24,25)21-5-3-2-4-6-21;2*1-17(22(2,18)19)23(20,21)8-4-6(9(11,12)13)3-7(5-8)10(14,15)16/h2-6H2,1H3;2*3-5H,1-2H3. The lowest BCUT2D eigenvalue weighted by Gasteiger charge is -2.36. The van der Waals surface area contributed by atoms with Crippen molar-refractivity contribution in [1.82, 2.24) is 15.4 Å². The zero-order chi connectivity index (χ0) is 61.1. The van der Waals surface area contributed by atoms with Gasteiger partial charge in [0.2, 0.25) is 20.0 Å². The van der Waals surface area contributed by atoms with Crippen LogP contribution in [0.2, 0.25) is 0 Å². The topological polar surface area (TPSA) is 252 Å². The van der Waals surface area contributed by atoms with Gasteiger partial charge < -0.3 is 0 Å². The molecule has 1 saturated heterocycles. The number of halogens is 21. The zero-order valence-electron chi connectivity index (χ0n) is 37.3. The fourth-order valence-corrected chi connectivity index (χ4v) is 14.3. The second-order valence-electron chi connectivity index (χ2n) is 14.7. The van der Waals surface area contributed by atoms with Crippen LogP contribution in [-0.4, -0.2) is 143 Å². The van der Waals surface area contributed by atoms with Crippen molar-refractivity contribution in [2.24, 2.45) is 0 Å². The summed E-state index contributed by atoms with van der Waals surface area (Å²) in [5.41, 5.74) is -14.1. The Morgan fingerprint density at radius 3 is 0.868 bits per heavy atom. The molecule has 2 aromatic carbocycles. The molecule has 0 N–H and O–H groups in total. The van der Waals surface area contributed by atoms with E-state index in [4.69, 9.17) is 0 Å². The summed E-state index contributed by atoms with van der Waals surface area (Å²) >= 11 is 0. The smallest absolute Gasteiger partial charge is 0.212 e. The molecule has 0 unspecified atom stereocenters. The van der Waals surface area contributed by atoms with Crippen molar-refractivity contribution in [2.45, 2.75) is 75.7 Å². The molecular weight excluding hydrogens is 1260 g/mol. The average molecular weight is 1300 g/mol. The van der Waals surface area contributed by atoms with Crippen molar-refractivity contribution in [3.63, 3.8) is 0 Å². The number of hydrogen-bond donors (Lipinski definition) is 0. The van der Waals surface area contributed by atoms with Crippen molar-refractivity contribution in [1.29, 1.82) is 0 Å². The van der Waals surface area contributed by atoms with E-state index < -0.39 is 173 Å². The van der Waals surface area contributed by atoms with Crippen molar-refractivity contribution in [3.05, 3.63) is 58.7 Å². The van der Waals surface area contributed by atoms with E-state index in [0.717, 1.165) is 0 Å². The maximum atomic E-state index is 14.1. The maximum absolute atomic E-state index is 14.1. The largest absolute Gasteiger partial charge is 0.512 e. The number of sulfonamides is 7. The van der Waals surface area contributed by atoms with Crippen LogP contribution in [0.4, 0.5) is 92.2 Å². The van der Waals surface area contributed by atoms with E-state index in [0.29, 0.717) is 26.6 Å². The van der Waals surface area contributed by atoms with Crippen molar-refractivity contribution < 1.29 is 151 Å². The van der Waals surface area contributed by atoms with E-state index >= 15 is 0 Å². The summed E-state index contributed by atoms with van der Waals surface area (Å²) in [6.45, 7) is -1.59. The zero-order valence-corrected chi connectivity index (χ0v) is 43.0. The van der Waals surface area contributed by atoms with Crippen molar-refractivity contribution in [2.75, 3.05) is 46.7 Å². The Morgan fingerprint density at radius 2 is 0.645 bits per heavy atom. The van der Waals surface area contributed by atoms with E-state index in [1.807, 2.05) is 0 Å². The predicted molar refractivity (Wildman–Crippen MR) is 213 cm³/mol. The summed E-state index contributed by atoms with van der Waals surface area (Å²) in [4.78, 5) is -2.87. The first-order valence-corrected chi connectivity index (χ1v) is 29.3. The molecule has 46 heteroatoms. The van der Waals surface area contributed by atoms with Crippen LogP contribution in [0, 0.1) is 0 Å². The summed E-state index contributed by atoms with van der Waals surface area (Å²) in [7, 11) is -40.5. The van der Waals surface area contributed by atoms with Crippen LogP contribution in [0.5, 0.6) is 0 Å². The highest BCUT2D eigenvalue weighted by Gasteiger charge is 2.84. The van der Waals surface area contributed by atoms with Crippen LogP contribution >= 0.6 is 0 Å². The van der Waals surface area contributed by atoms with Gasteiger partial charge >= 0.3 is 56.7 Å². The third kappa shape index (κ3) is 14.8. The number of hydrogen-bond acceptors (Lipinski definition) is 14. The first-order valence-electron chi connectivity index (χ1n) is 18.4. The number of nitrogens with zero attached hydrogens (tertiary/aromatic N) is 4. The second-order valence-corrected chi connectivity index (χ2v) is 29.3. The van der Waals surface area contributed by atoms with Gasteiger partial charge in [0.05, 0.1) is 44.6 Å². The molecule has 0 atom stereocenters. The van der Waals surface area contributed by atoms with Crippen molar-refractivity contribution in [3.8, 4) is 0 Å². The third-order valence-electron chi connectivity index (χ3n) is 9.33. The van der Waals surface area contributed by atoms with Gasteiger partial charge in [0, 0.05) is 34.2 Å². The summed E-state index contributed by atoms with van der Waals surface area (Å²) in [6, 6.07) is -0.782. The van der Waals surface area contributed by atoms with Crippen LogP contribution in [0.1, 0.15) is 41.5 Å². The Morgan fingerprint density at radius 1 is 0.382 bits per heavy atom. The van der Waals surface area contributed by atoms with Crippen molar-refractivity contribution >= 4 is 70.2 Å². The molecular formula is C30H31F21N4O14S7. The van der Waals surface area contributed by atoms with Crippen LogP contribution in [0.15, 0.2) is 46.2 Å². The lowest BCUT2D eigenvalue weighted by Crippen LogP contribution is -2.65. The summed E-state index contributed by atoms with van der Waals surface area (Å²) < 4.78 is 431. The summed E-state index contributed by atoms with van der Waals surface area (Å²) in [5.74, 6) is -7.37. The van der Waals surface area contributed by atoms with Gasteiger partial charge in [-0.3, -0.25) is 0 Å². The molecule has 0 aliphatic carbocycles. The minimum atomic E-state index is -7.73. The molecule has 3 rings (SSSR count). The van der Waals surface area contributed by atoms with E-state index in [2.05, 4.69) is 0 Å². The van der Waals surface area contributed by atoms with Gasteiger partial charge in [-0.15, -0.1) is 0 Å². The molecule has 1 heterocycles. The molecule has 76 heavy (non-hydrogen) atoms. The Kier molecular flexibility index (Phi) is 20.2. The van der Waals surface area contributed by atoms with Crippen LogP contribution in [0.25, 0.3) is 0 Å². The summed E-state index contributed by atoms with van der Waals surface area (Å²) in [6.07, 6.45) is -20.1. The van der Waals surface area contributed by atoms with Gasteiger partial charge in [0.15, 0.2) is 0 Å². The monoisotopic (exact) mass is 1290 g/mol. The number of benzene rings is 2. The molecule has 1 fully saturated rings. The summed E-state index contributed by atoms with van der Waals surface area (Å²) in [5, 5.41) is -14.1. The molecule has 1 aliphatic heterocycles. The SMILES string of the molecule is CN(S(=O)(=O)C(F)(F)F)S(=O)(=O)C(F)(F)C(F)(F)C(F)(F)S(=O)(=O)N1CCCCC1.CN(S(C)(=O)=O)S(=O)(=O)c1cc(C(F)(F)F)cc(C(F)(F)F)c1.CN(S(C)(=O)=O)S(=O)(=O)c1cc(C(F)(F)F)cc(C(F)(F)F)c1. The molecule has 0 amide bonds. The quantitative estimate of drug-likeness (QED) is 0.199. The highest BCUT2D eigenvalue weighted by molar-refractivity contribution is 8.05. The third-order valence-corrected chi connectivity index (χ3v) is 23.0. The maximum Gasteiger partial charge on any atom is 0.512 e. The lowest BCUT2D eigenvalue weighted by atomic mass is 10.1. The molecule has 0 radical (unpaired) electrons. The Hall–Kier alpha value is -3.54. The minimum Gasteiger partial charge on any atom is -0.212 e. The normalized spacial score (nSPS) is 16.3. The van der Waals surface area contributed by atoms with Gasteiger partial charge in [-0.1, -0.05) is 17.6 Å². The minimum absolute atomic E-state index is 0.0632. The van der Waals surface area contributed by atoms with Gasteiger partial charge in [-0.2, -0.15) is 96.5 Å². The molecule has 0 aromatic heterocycles. The Bertz CT molecular complexity index is 3080. The highest BCUT2D eigenvalue weighted by atomic mass is 32.3. The molecule has 444 valence electrons. The number of alkyl halides is 21. The van der Waals surface area contributed by atoms with Gasteiger partial charge in [-0.25, -0.2) is 58.9 Å². The molecule has 0 saturated carbocycles. The second kappa shape index (κ2) is 21.8. The van der Waals surface area contributed by atoms with E-state index in [-0.39, 0.29) is 67.4 Å². The Labute approximate surface area is 416 Å². The first-order chi connectivity index (χ1) is 33.0. The molecule has 0 bridgehead atoms. The number of piperidine rings is 1. The number of rotatable bonds is 13. The fourth-order valence-electron chi connectivity index (χ4n) is 5.00. The highest BCUT2D eigenvalue weighted by Crippen LogP contribution is 2.53. The van der Waals surface area contributed by atoms with Gasteiger partial charge in [-0.05, 0) is 49.2 Å². The van der Waals surface area contributed by atoms with Crippen LogP contribution < -0.4 is 0 Å². The van der Waals surface area contributed by atoms with Crippen LogP contribution in [-0.2, 0) is 94.9 Å².